The molecule has 3 rings (SSSR count). The molecule has 32 heavy (non-hydrogen) atoms. The Morgan fingerprint density at radius 2 is 1.69 bits per heavy atom. The number of benzene rings is 2. The molecule has 0 bridgehead atoms. The number of alkyl carbamates (subject to hydrolysis) is 1. The van der Waals surface area contributed by atoms with E-state index in [-0.39, 0.29) is 24.2 Å². The van der Waals surface area contributed by atoms with Gasteiger partial charge in [0.05, 0.1) is 11.8 Å². The van der Waals surface area contributed by atoms with E-state index in [9.17, 15) is 18.4 Å². The number of hydrogen-bond acceptors (Lipinski definition) is 4. The van der Waals surface area contributed by atoms with Crippen LogP contribution in [-0.4, -0.2) is 17.6 Å². The normalized spacial score (nSPS) is 11.2. The van der Waals surface area contributed by atoms with E-state index in [1.165, 1.54) is 18.4 Å². The molecule has 168 valence electrons. The third-order valence-electron chi connectivity index (χ3n) is 4.45. The second kappa shape index (κ2) is 9.64. The Morgan fingerprint density at radius 1 is 0.969 bits per heavy atom. The molecule has 2 amide bonds. The van der Waals surface area contributed by atoms with Gasteiger partial charge in [0, 0.05) is 30.3 Å². The van der Waals surface area contributed by atoms with E-state index < -0.39 is 29.2 Å². The average molecular weight is 442 g/mol. The van der Waals surface area contributed by atoms with E-state index >= 15 is 0 Å². The van der Waals surface area contributed by atoms with Crippen LogP contribution in [0.1, 0.15) is 42.3 Å². The molecule has 0 saturated carbocycles. The molecule has 1 aromatic heterocycles. The highest BCUT2D eigenvalue weighted by Gasteiger charge is 2.20. The Morgan fingerprint density at radius 3 is 2.41 bits per heavy atom. The van der Waals surface area contributed by atoms with Crippen molar-refractivity contribution < 1.29 is 27.5 Å². The molecule has 6 nitrogen and oxygen atoms in total. The van der Waals surface area contributed by atoms with Crippen LogP contribution in [0.5, 0.6) is 0 Å². The third kappa shape index (κ3) is 5.94. The van der Waals surface area contributed by atoms with Gasteiger partial charge in [0.15, 0.2) is 0 Å². The second-order valence-electron chi connectivity index (χ2n) is 8.09. The SMILES string of the molecule is CC(C)(C)OC(=O)NCc1ccccc1-c1occc1C(=O)NCc1ccc(F)cc1F. The fraction of sp³-hybridized carbons (Fsp3) is 0.250. The first kappa shape index (κ1) is 23.0. The number of carbonyl (C=O) groups is 2. The maximum absolute atomic E-state index is 13.8. The van der Waals surface area contributed by atoms with Crippen LogP contribution in [0, 0.1) is 11.6 Å². The van der Waals surface area contributed by atoms with Gasteiger partial charge in [0.25, 0.3) is 5.91 Å². The molecule has 2 N–H and O–H groups in total. The van der Waals surface area contributed by atoms with E-state index in [0.717, 1.165) is 12.1 Å². The molecule has 0 aliphatic heterocycles. The van der Waals surface area contributed by atoms with Gasteiger partial charge in [-0.3, -0.25) is 4.79 Å². The van der Waals surface area contributed by atoms with Crippen molar-refractivity contribution in [3.63, 3.8) is 0 Å². The minimum absolute atomic E-state index is 0.114. The Kier molecular flexibility index (Phi) is 6.92. The van der Waals surface area contributed by atoms with E-state index in [4.69, 9.17) is 9.15 Å². The fourth-order valence-electron chi connectivity index (χ4n) is 3.01. The molecule has 0 unspecified atom stereocenters. The van der Waals surface area contributed by atoms with Gasteiger partial charge in [-0.25, -0.2) is 13.6 Å². The first-order valence-electron chi connectivity index (χ1n) is 9.99. The average Bonchev–Trinajstić information content (AvgIpc) is 3.20. The Balaban J connectivity index is 1.74. The van der Waals surface area contributed by atoms with Gasteiger partial charge < -0.3 is 19.8 Å². The molecule has 0 aliphatic carbocycles. The zero-order valence-electron chi connectivity index (χ0n) is 18.0. The lowest BCUT2D eigenvalue weighted by atomic mass is 10.0. The zero-order valence-corrected chi connectivity index (χ0v) is 18.0. The zero-order chi connectivity index (χ0) is 23.3. The maximum Gasteiger partial charge on any atom is 0.407 e. The predicted octanol–water partition coefficient (Wildman–Crippen LogP) is 5.18. The summed E-state index contributed by atoms with van der Waals surface area (Å²) in [5, 5.41) is 5.30. The van der Waals surface area contributed by atoms with E-state index in [1.807, 2.05) is 0 Å². The second-order valence-corrected chi connectivity index (χ2v) is 8.09. The molecule has 8 heteroatoms. The lowest BCUT2D eigenvalue weighted by molar-refractivity contribution is 0.0523. The number of ether oxygens (including phenoxy) is 1. The molecule has 0 spiro atoms. The van der Waals surface area contributed by atoms with Gasteiger partial charge in [-0.1, -0.05) is 30.3 Å². The van der Waals surface area contributed by atoms with Crippen LogP contribution in [0.2, 0.25) is 0 Å². The quantitative estimate of drug-likeness (QED) is 0.551. The molecule has 3 aromatic rings. The number of furan rings is 1. The highest BCUT2D eigenvalue weighted by molar-refractivity contribution is 5.99. The van der Waals surface area contributed by atoms with Crippen LogP contribution in [0.4, 0.5) is 13.6 Å². The summed E-state index contributed by atoms with van der Waals surface area (Å²) in [6, 6.07) is 11.8. The van der Waals surface area contributed by atoms with Crippen LogP contribution in [0.3, 0.4) is 0 Å². The molecular weight excluding hydrogens is 418 g/mol. The maximum atomic E-state index is 13.8. The summed E-state index contributed by atoms with van der Waals surface area (Å²) in [7, 11) is 0. The van der Waals surface area contributed by atoms with Crippen LogP contribution in [-0.2, 0) is 17.8 Å². The number of nitrogens with one attached hydrogen (secondary N) is 2. The van der Waals surface area contributed by atoms with E-state index in [2.05, 4.69) is 10.6 Å². The standard InChI is InChI=1S/C24H24F2N2O4/c1-24(2,3)32-23(30)28-13-15-6-4-5-7-18(15)21-19(10-11-31-21)22(29)27-14-16-8-9-17(25)12-20(16)26/h4-12H,13-14H2,1-3H3,(H,27,29)(H,28,30). The summed E-state index contributed by atoms with van der Waals surface area (Å²) in [4.78, 5) is 24.7. The van der Waals surface area contributed by atoms with Gasteiger partial charge in [-0.2, -0.15) is 0 Å². The van der Waals surface area contributed by atoms with Crippen molar-refractivity contribution in [1.82, 2.24) is 10.6 Å². The summed E-state index contributed by atoms with van der Waals surface area (Å²) in [5.74, 6) is -1.60. The number of rotatable bonds is 6. The topological polar surface area (TPSA) is 80.6 Å². The van der Waals surface area contributed by atoms with E-state index in [1.54, 1.807) is 45.0 Å². The fourth-order valence-corrected chi connectivity index (χ4v) is 3.01. The summed E-state index contributed by atoms with van der Waals surface area (Å²) in [6.45, 7) is 5.36. The van der Waals surface area contributed by atoms with Crippen LogP contribution >= 0.6 is 0 Å². The van der Waals surface area contributed by atoms with Crippen molar-refractivity contribution in [3.8, 4) is 11.3 Å². The molecule has 1 heterocycles. The summed E-state index contributed by atoms with van der Waals surface area (Å²) in [5.41, 5.74) is 1.11. The van der Waals surface area contributed by atoms with Gasteiger partial charge in [-0.05, 0) is 38.5 Å². The van der Waals surface area contributed by atoms with Crippen molar-refractivity contribution in [2.24, 2.45) is 0 Å². The highest BCUT2D eigenvalue weighted by Crippen LogP contribution is 2.28. The van der Waals surface area contributed by atoms with Crippen molar-refractivity contribution in [1.29, 1.82) is 0 Å². The molecule has 0 aliphatic rings. The van der Waals surface area contributed by atoms with Gasteiger partial charge in [0.1, 0.15) is 23.0 Å². The Bertz CT molecular complexity index is 1120. The first-order valence-corrected chi connectivity index (χ1v) is 9.99. The van der Waals surface area contributed by atoms with Crippen molar-refractivity contribution in [2.75, 3.05) is 0 Å². The molecule has 0 radical (unpaired) electrons. The molecular formula is C24H24F2N2O4. The predicted molar refractivity (Wildman–Crippen MR) is 115 cm³/mol. The van der Waals surface area contributed by atoms with E-state index in [0.29, 0.717) is 16.9 Å². The molecule has 2 aromatic carbocycles. The lowest BCUT2D eigenvalue weighted by Crippen LogP contribution is -2.32. The van der Waals surface area contributed by atoms with Gasteiger partial charge in [-0.15, -0.1) is 0 Å². The minimum Gasteiger partial charge on any atom is -0.463 e. The number of halogens is 2. The van der Waals surface area contributed by atoms with Crippen LogP contribution in [0.15, 0.2) is 59.2 Å². The summed E-state index contributed by atoms with van der Waals surface area (Å²) >= 11 is 0. The van der Waals surface area contributed by atoms with Gasteiger partial charge >= 0.3 is 6.09 Å². The molecule has 0 atom stereocenters. The van der Waals surface area contributed by atoms with Crippen LogP contribution in [0.25, 0.3) is 11.3 Å². The van der Waals surface area contributed by atoms with Crippen molar-refractivity contribution in [3.05, 3.63) is 83.1 Å². The van der Waals surface area contributed by atoms with Crippen LogP contribution < -0.4 is 10.6 Å². The third-order valence-corrected chi connectivity index (χ3v) is 4.45. The Labute approximate surface area is 184 Å². The molecule has 0 fully saturated rings. The molecule has 0 saturated heterocycles. The largest absolute Gasteiger partial charge is 0.463 e. The lowest BCUT2D eigenvalue weighted by Gasteiger charge is -2.20. The van der Waals surface area contributed by atoms with Gasteiger partial charge in [0.2, 0.25) is 0 Å². The monoisotopic (exact) mass is 442 g/mol. The number of hydrogen-bond donors (Lipinski definition) is 2. The summed E-state index contributed by atoms with van der Waals surface area (Å²) < 4.78 is 37.7. The smallest absolute Gasteiger partial charge is 0.407 e. The highest BCUT2D eigenvalue weighted by atomic mass is 19.1. The summed E-state index contributed by atoms with van der Waals surface area (Å²) in [6.07, 6.45) is 0.812. The minimum atomic E-state index is -0.740. The van der Waals surface area contributed by atoms with Crippen molar-refractivity contribution >= 4 is 12.0 Å². The Hall–Kier alpha value is -3.68. The first-order chi connectivity index (χ1) is 15.1. The number of carbonyl (C=O) groups excluding carboxylic acids is 2. The van der Waals surface area contributed by atoms with Crippen molar-refractivity contribution in [2.45, 2.75) is 39.5 Å². The number of amides is 2.